The first-order valence-corrected chi connectivity index (χ1v) is 4.53. The van der Waals surface area contributed by atoms with Gasteiger partial charge in [0.2, 0.25) is 0 Å². The van der Waals surface area contributed by atoms with Crippen molar-refractivity contribution >= 4 is 5.69 Å². The third-order valence-electron chi connectivity index (χ3n) is 2.12. The summed E-state index contributed by atoms with van der Waals surface area (Å²) in [5.41, 5.74) is 2.05. The topological polar surface area (TPSA) is 55.2 Å². The van der Waals surface area contributed by atoms with Crippen LogP contribution in [0.25, 0.3) is 0 Å². The molecule has 0 unspecified atom stereocenters. The first-order chi connectivity index (χ1) is 6.65. The van der Waals surface area contributed by atoms with Crippen molar-refractivity contribution in [2.45, 2.75) is 13.3 Å². The van der Waals surface area contributed by atoms with Crippen LogP contribution in [-0.4, -0.2) is 18.5 Å². The summed E-state index contributed by atoms with van der Waals surface area (Å²) in [5.74, 6) is 0. The van der Waals surface area contributed by atoms with E-state index in [4.69, 9.17) is 0 Å². The van der Waals surface area contributed by atoms with Crippen LogP contribution >= 0.6 is 0 Å². The fraction of sp³-hybridized carbons (Fsp3) is 0.400. The average Bonchev–Trinajstić information content (AvgIpc) is 2.14. The van der Waals surface area contributed by atoms with Crippen LogP contribution in [0.2, 0.25) is 0 Å². The first kappa shape index (κ1) is 10.7. The number of nitrogens with zero attached hydrogens (tertiary/aromatic N) is 1. The van der Waals surface area contributed by atoms with E-state index in [0.717, 1.165) is 24.1 Å². The molecule has 0 saturated carbocycles. The monoisotopic (exact) mass is 194 g/mol. The summed E-state index contributed by atoms with van der Waals surface area (Å²) in [6.45, 7) is 2.65. The van der Waals surface area contributed by atoms with Crippen molar-refractivity contribution in [3.63, 3.8) is 0 Å². The zero-order chi connectivity index (χ0) is 10.6. The van der Waals surface area contributed by atoms with E-state index in [1.807, 2.05) is 19.2 Å². The number of aryl methyl sites for hydroxylation is 1. The van der Waals surface area contributed by atoms with Gasteiger partial charge in [0, 0.05) is 11.6 Å². The minimum Gasteiger partial charge on any atom is -0.319 e. The molecule has 0 saturated heterocycles. The molecule has 0 atom stereocenters. The molecule has 0 aromatic heterocycles. The molecule has 0 spiro atoms. The predicted octanol–water partition coefficient (Wildman–Crippen LogP) is 1.67. The third-order valence-corrected chi connectivity index (χ3v) is 2.12. The van der Waals surface area contributed by atoms with Crippen LogP contribution in [0.15, 0.2) is 18.2 Å². The molecule has 1 rings (SSSR count). The Bertz CT molecular complexity index is 337. The Labute approximate surface area is 83.1 Å². The summed E-state index contributed by atoms with van der Waals surface area (Å²) in [5, 5.41) is 13.6. The number of nitro benzene ring substituents is 1. The fourth-order valence-corrected chi connectivity index (χ4v) is 1.35. The number of nitro groups is 1. The Morgan fingerprint density at radius 1 is 1.50 bits per heavy atom. The second-order valence-electron chi connectivity index (χ2n) is 3.23. The third kappa shape index (κ3) is 2.53. The number of rotatable bonds is 4. The Kier molecular flexibility index (Phi) is 3.59. The zero-order valence-corrected chi connectivity index (χ0v) is 8.41. The summed E-state index contributed by atoms with van der Waals surface area (Å²) in [4.78, 5) is 10.2. The van der Waals surface area contributed by atoms with Gasteiger partial charge in [-0.2, -0.15) is 0 Å². The summed E-state index contributed by atoms with van der Waals surface area (Å²) in [7, 11) is 1.89. The molecule has 4 nitrogen and oxygen atoms in total. The standard InChI is InChI=1S/C10H14N2O2/c1-8-7-9(5-6-11-2)3-4-10(8)12(13)14/h3-4,7,11H,5-6H2,1-2H3. The minimum absolute atomic E-state index is 0.193. The highest BCUT2D eigenvalue weighted by atomic mass is 16.6. The van der Waals surface area contributed by atoms with Crippen LogP contribution in [0.4, 0.5) is 5.69 Å². The lowest BCUT2D eigenvalue weighted by Gasteiger charge is -2.02. The number of benzene rings is 1. The molecule has 0 aliphatic rings. The maximum absolute atomic E-state index is 10.5. The lowest BCUT2D eigenvalue weighted by Crippen LogP contribution is -2.10. The molecule has 0 amide bonds. The van der Waals surface area contributed by atoms with Gasteiger partial charge in [0.1, 0.15) is 0 Å². The van der Waals surface area contributed by atoms with Crippen molar-refractivity contribution in [2.75, 3.05) is 13.6 Å². The molecule has 1 aromatic rings. The normalized spacial score (nSPS) is 10.1. The van der Waals surface area contributed by atoms with Gasteiger partial charge in [-0.05, 0) is 38.6 Å². The first-order valence-electron chi connectivity index (χ1n) is 4.53. The van der Waals surface area contributed by atoms with Crippen LogP contribution in [0.3, 0.4) is 0 Å². The Hall–Kier alpha value is -1.42. The fourth-order valence-electron chi connectivity index (χ4n) is 1.35. The molecule has 0 bridgehead atoms. The molecule has 76 valence electrons. The summed E-state index contributed by atoms with van der Waals surface area (Å²) in [6.07, 6.45) is 0.898. The van der Waals surface area contributed by atoms with E-state index in [0.29, 0.717) is 0 Å². The summed E-state index contributed by atoms with van der Waals surface area (Å²) < 4.78 is 0. The van der Waals surface area contributed by atoms with E-state index < -0.39 is 0 Å². The van der Waals surface area contributed by atoms with E-state index in [-0.39, 0.29) is 10.6 Å². The molecule has 4 heteroatoms. The predicted molar refractivity (Wildman–Crippen MR) is 55.5 cm³/mol. The van der Waals surface area contributed by atoms with Crippen molar-refractivity contribution in [1.29, 1.82) is 0 Å². The highest BCUT2D eigenvalue weighted by Gasteiger charge is 2.09. The van der Waals surface area contributed by atoms with Gasteiger partial charge >= 0.3 is 0 Å². The quantitative estimate of drug-likeness (QED) is 0.586. The number of hydrogen-bond acceptors (Lipinski definition) is 3. The van der Waals surface area contributed by atoms with Crippen molar-refractivity contribution in [3.05, 3.63) is 39.4 Å². The van der Waals surface area contributed by atoms with Gasteiger partial charge in [-0.25, -0.2) is 0 Å². The Morgan fingerprint density at radius 3 is 2.71 bits per heavy atom. The maximum Gasteiger partial charge on any atom is 0.272 e. The highest BCUT2D eigenvalue weighted by Crippen LogP contribution is 2.18. The Balaban J connectivity index is 2.83. The SMILES string of the molecule is CNCCc1ccc([N+](=O)[O-])c(C)c1. The molecule has 0 heterocycles. The zero-order valence-electron chi connectivity index (χ0n) is 8.41. The average molecular weight is 194 g/mol. The summed E-state index contributed by atoms with van der Waals surface area (Å²) in [6, 6.07) is 5.25. The van der Waals surface area contributed by atoms with Gasteiger partial charge in [0.05, 0.1) is 4.92 Å². The number of nitrogens with one attached hydrogen (secondary N) is 1. The van der Waals surface area contributed by atoms with Crippen LogP contribution in [0.5, 0.6) is 0 Å². The van der Waals surface area contributed by atoms with Crippen molar-refractivity contribution in [3.8, 4) is 0 Å². The number of likely N-dealkylation sites (N-methyl/N-ethyl adjacent to an activating group) is 1. The molecule has 0 radical (unpaired) electrons. The lowest BCUT2D eigenvalue weighted by atomic mass is 10.1. The minimum atomic E-state index is -0.350. The molecule has 1 aromatic carbocycles. The van der Waals surface area contributed by atoms with Crippen LogP contribution in [0, 0.1) is 17.0 Å². The second-order valence-corrected chi connectivity index (χ2v) is 3.23. The van der Waals surface area contributed by atoms with Crippen molar-refractivity contribution in [2.24, 2.45) is 0 Å². The lowest BCUT2D eigenvalue weighted by molar-refractivity contribution is -0.385. The van der Waals surface area contributed by atoms with E-state index in [1.165, 1.54) is 0 Å². The van der Waals surface area contributed by atoms with E-state index >= 15 is 0 Å². The van der Waals surface area contributed by atoms with E-state index in [9.17, 15) is 10.1 Å². The van der Waals surface area contributed by atoms with Gasteiger partial charge in [-0.3, -0.25) is 10.1 Å². The smallest absolute Gasteiger partial charge is 0.272 e. The van der Waals surface area contributed by atoms with Gasteiger partial charge in [0.15, 0.2) is 0 Å². The molecule has 0 aliphatic heterocycles. The van der Waals surface area contributed by atoms with Crippen molar-refractivity contribution < 1.29 is 4.92 Å². The van der Waals surface area contributed by atoms with Crippen molar-refractivity contribution in [1.82, 2.24) is 5.32 Å². The van der Waals surface area contributed by atoms with E-state index in [1.54, 1.807) is 13.0 Å². The van der Waals surface area contributed by atoms with Gasteiger partial charge < -0.3 is 5.32 Å². The van der Waals surface area contributed by atoms with E-state index in [2.05, 4.69) is 5.32 Å². The van der Waals surface area contributed by atoms with Gasteiger partial charge in [-0.15, -0.1) is 0 Å². The van der Waals surface area contributed by atoms with Crippen LogP contribution in [0.1, 0.15) is 11.1 Å². The molecule has 0 aliphatic carbocycles. The number of hydrogen-bond donors (Lipinski definition) is 1. The van der Waals surface area contributed by atoms with Crippen LogP contribution in [-0.2, 0) is 6.42 Å². The highest BCUT2D eigenvalue weighted by molar-refractivity contribution is 5.41. The Morgan fingerprint density at radius 2 is 2.21 bits per heavy atom. The van der Waals surface area contributed by atoms with Crippen LogP contribution < -0.4 is 5.32 Å². The molecule has 0 fully saturated rings. The second kappa shape index (κ2) is 4.72. The molecular formula is C10H14N2O2. The van der Waals surface area contributed by atoms with Gasteiger partial charge in [0.25, 0.3) is 5.69 Å². The molecular weight excluding hydrogens is 180 g/mol. The summed E-state index contributed by atoms with van der Waals surface area (Å²) >= 11 is 0. The molecule has 14 heavy (non-hydrogen) atoms. The maximum atomic E-state index is 10.5. The largest absolute Gasteiger partial charge is 0.319 e. The molecule has 1 N–H and O–H groups in total. The van der Waals surface area contributed by atoms with Gasteiger partial charge in [-0.1, -0.05) is 6.07 Å².